The lowest BCUT2D eigenvalue weighted by Crippen LogP contribution is -2.20. The van der Waals surface area contributed by atoms with E-state index in [-0.39, 0.29) is 35.8 Å². The minimum absolute atomic E-state index is 0.0165. The number of anilines is 2. The molecule has 2 aromatic carbocycles. The van der Waals surface area contributed by atoms with Crippen LogP contribution in [0.1, 0.15) is 53.4 Å². The molecule has 1 saturated carbocycles. The van der Waals surface area contributed by atoms with E-state index in [1.165, 1.54) is 12.1 Å². The predicted molar refractivity (Wildman–Crippen MR) is 126 cm³/mol. The van der Waals surface area contributed by atoms with E-state index in [0.29, 0.717) is 24.4 Å². The number of rotatable bonds is 9. The summed E-state index contributed by atoms with van der Waals surface area (Å²) in [5.74, 6) is -0.998. The molecule has 35 heavy (non-hydrogen) atoms. The van der Waals surface area contributed by atoms with Crippen molar-refractivity contribution >= 4 is 33.6 Å². The molecule has 1 heterocycles. The molecule has 0 radical (unpaired) electrons. The van der Waals surface area contributed by atoms with Gasteiger partial charge in [0.2, 0.25) is 5.78 Å². The maximum Gasteiger partial charge on any atom is 0.320 e. The fraction of sp³-hybridized carbons (Fsp3) is 0.333. The number of hydrogen-bond acceptors (Lipinski definition) is 9. The molecule has 1 fully saturated rings. The topological polar surface area (TPSA) is 149 Å². The molecular formula is C24H25N3O7S. The van der Waals surface area contributed by atoms with E-state index in [1.54, 1.807) is 12.1 Å². The number of aromatic nitrogens is 2. The molecule has 184 valence electrons. The lowest BCUT2D eigenvalue weighted by molar-refractivity contribution is -0.142. The minimum Gasteiger partial charge on any atom is -0.481 e. The molecule has 0 spiro atoms. The fourth-order valence-corrected chi connectivity index (χ4v) is 4.61. The highest BCUT2D eigenvalue weighted by Gasteiger charge is 2.26. The van der Waals surface area contributed by atoms with Crippen molar-refractivity contribution in [1.82, 2.24) is 10.2 Å². The highest BCUT2D eigenvalue weighted by molar-refractivity contribution is 7.86. The van der Waals surface area contributed by atoms with Crippen LogP contribution >= 0.6 is 0 Å². The molecule has 0 aliphatic heterocycles. The van der Waals surface area contributed by atoms with Crippen molar-refractivity contribution in [3.63, 3.8) is 0 Å². The second-order valence-electron chi connectivity index (χ2n) is 8.58. The molecule has 1 aliphatic rings. The molecular weight excluding hydrogens is 474 g/mol. The van der Waals surface area contributed by atoms with Crippen molar-refractivity contribution in [1.29, 1.82) is 0 Å². The van der Waals surface area contributed by atoms with Crippen molar-refractivity contribution in [2.45, 2.75) is 38.0 Å². The normalized spacial score (nSPS) is 18.1. The Morgan fingerprint density at radius 3 is 2.46 bits per heavy atom. The first kappa shape index (κ1) is 24.4. The Morgan fingerprint density at radius 2 is 1.80 bits per heavy atom. The summed E-state index contributed by atoms with van der Waals surface area (Å²) in [6.07, 6.45) is 4.09. The van der Waals surface area contributed by atoms with Crippen LogP contribution in [0.5, 0.6) is 5.75 Å². The molecule has 0 bridgehead atoms. The first-order chi connectivity index (χ1) is 16.7. The summed E-state index contributed by atoms with van der Waals surface area (Å²) in [6.45, 7) is 0. The van der Waals surface area contributed by atoms with Gasteiger partial charge in [0, 0.05) is 18.2 Å². The monoisotopic (exact) mass is 499 g/mol. The molecule has 0 atom stereocenters. The van der Waals surface area contributed by atoms with Crippen LogP contribution in [0.15, 0.2) is 52.9 Å². The van der Waals surface area contributed by atoms with E-state index < -0.39 is 16.1 Å². The fourth-order valence-electron chi connectivity index (χ4n) is 4.15. The number of nitrogens with zero attached hydrogens (tertiary/aromatic N) is 2. The first-order valence-electron chi connectivity index (χ1n) is 11.1. The van der Waals surface area contributed by atoms with E-state index >= 15 is 0 Å². The van der Waals surface area contributed by atoms with Gasteiger partial charge in [-0.1, -0.05) is 35.4 Å². The Labute approximate surface area is 202 Å². The van der Waals surface area contributed by atoms with Crippen molar-refractivity contribution in [2.75, 3.05) is 11.6 Å². The third-order valence-corrected chi connectivity index (χ3v) is 6.38. The number of Topliss-reactive ketones (excluding diaryl/α,β-unsaturated/α-hetero) is 1. The molecule has 3 aromatic rings. The van der Waals surface area contributed by atoms with Gasteiger partial charge in [0.1, 0.15) is 5.75 Å². The van der Waals surface area contributed by atoms with Crippen LogP contribution < -0.4 is 9.50 Å². The quantitative estimate of drug-likeness (QED) is 0.327. The summed E-state index contributed by atoms with van der Waals surface area (Å²) in [7, 11) is -3.66. The maximum atomic E-state index is 12.6. The van der Waals surface area contributed by atoms with E-state index in [9.17, 15) is 18.0 Å². The molecule has 1 aliphatic carbocycles. The number of nitrogens with one attached hydrogen (secondary N) is 1. The van der Waals surface area contributed by atoms with Crippen LogP contribution in [0.4, 0.5) is 11.7 Å². The Kier molecular flexibility index (Phi) is 7.15. The number of carboxylic acids is 1. The summed E-state index contributed by atoms with van der Waals surface area (Å²) >= 11 is 0. The van der Waals surface area contributed by atoms with E-state index in [0.717, 1.165) is 30.2 Å². The van der Waals surface area contributed by atoms with Crippen molar-refractivity contribution in [3.8, 4) is 5.75 Å². The van der Waals surface area contributed by atoms with Crippen LogP contribution in [0, 0.1) is 5.92 Å². The van der Waals surface area contributed by atoms with Gasteiger partial charge >= 0.3 is 22.1 Å². The minimum atomic E-state index is -3.66. The Hall–Kier alpha value is -3.73. The summed E-state index contributed by atoms with van der Waals surface area (Å²) in [5.41, 5.74) is 2.40. The van der Waals surface area contributed by atoms with Crippen LogP contribution in [-0.4, -0.2) is 41.7 Å². The molecule has 0 saturated heterocycles. The number of carbonyl (C=O) groups excluding carboxylic acids is 1. The molecule has 1 aromatic heterocycles. The summed E-state index contributed by atoms with van der Waals surface area (Å²) in [4.78, 5) is 23.7. The first-order valence-corrected chi connectivity index (χ1v) is 12.9. The van der Waals surface area contributed by atoms with E-state index in [4.69, 9.17) is 13.7 Å². The van der Waals surface area contributed by atoms with E-state index in [2.05, 4.69) is 15.5 Å². The Bertz CT molecular complexity index is 1310. The van der Waals surface area contributed by atoms with Gasteiger partial charge in [-0.05, 0) is 54.9 Å². The van der Waals surface area contributed by atoms with Gasteiger partial charge < -0.3 is 19.0 Å². The predicted octanol–water partition coefficient (Wildman–Crippen LogP) is 3.94. The highest BCUT2D eigenvalue weighted by atomic mass is 32.2. The van der Waals surface area contributed by atoms with Gasteiger partial charge in [-0.3, -0.25) is 9.59 Å². The van der Waals surface area contributed by atoms with Crippen molar-refractivity contribution in [3.05, 3.63) is 65.5 Å². The average Bonchev–Trinajstić information content (AvgIpc) is 3.27. The smallest absolute Gasteiger partial charge is 0.320 e. The number of hydrogen-bond donors (Lipinski definition) is 2. The zero-order valence-corrected chi connectivity index (χ0v) is 19.8. The summed E-state index contributed by atoms with van der Waals surface area (Å²) in [5, 5.41) is 19.6. The van der Waals surface area contributed by atoms with Gasteiger partial charge in [0.05, 0.1) is 12.2 Å². The third-order valence-electron chi connectivity index (χ3n) is 5.89. The van der Waals surface area contributed by atoms with Crippen molar-refractivity contribution < 1.29 is 31.7 Å². The number of carbonyl (C=O) groups is 2. The van der Waals surface area contributed by atoms with Crippen LogP contribution in [0.25, 0.3) is 0 Å². The van der Waals surface area contributed by atoms with Gasteiger partial charge in [-0.25, -0.2) is 0 Å². The lowest BCUT2D eigenvalue weighted by Gasteiger charge is -2.26. The second-order valence-corrected chi connectivity index (χ2v) is 10.2. The zero-order chi connectivity index (χ0) is 25.0. The molecule has 11 heteroatoms. The second kappa shape index (κ2) is 10.3. The number of aliphatic carboxylic acids is 1. The van der Waals surface area contributed by atoms with Gasteiger partial charge in [0.15, 0.2) is 0 Å². The Balaban J connectivity index is 1.34. The van der Waals surface area contributed by atoms with Gasteiger partial charge in [0.25, 0.3) is 5.89 Å². The Morgan fingerprint density at radius 1 is 1.09 bits per heavy atom. The molecule has 0 amide bonds. The largest absolute Gasteiger partial charge is 0.481 e. The zero-order valence-electron chi connectivity index (χ0n) is 19.0. The van der Waals surface area contributed by atoms with Gasteiger partial charge in [-0.2, -0.15) is 8.42 Å². The van der Waals surface area contributed by atoms with Gasteiger partial charge in [-0.15, -0.1) is 5.10 Å². The average molecular weight is 500 g/mol. The van der Waals surface area contributed by atoms with Crippen LogP contribution in [-0.2, 0) is 21.3 Å². The number of benzene rings is 2. The molecule has 10 nitrogen and oxygen atoms in total. The van der Waals surface area contributed by atoms with E-state index in [1.807, 2.05) is 24.3 Å². The maximum absolute atomic E-state index is 12.6. The molecule has 4 rings (SSSR count). The SMILES string of the molecule is CS(=O)(=O)Oc1cccc(Nc2nnc(C(=O)Cc3ccc(C4CCC(C(=O)O)CC4)cc3)o2)c1. The number of carboxylic acid groups (broad SMARTS) is 1. The lowest BCUT2D eigenvalue weighted by atomic mass is 9.78. The number of ketones is 1. The third kappa shape index (κ3) is 6.66. The van der Waals surface area contributed by atoms with Crippen LogP contribution in [0.3, 0.4) is 0 Å². The molecule has 0 unspecified atom stereocenters. The standard InChI is InChI=1S/C24H25N3O7S/c1-35(31,32)34-20-4-2-3-19(14-20)25-24-27-26-22(33-24)21(28)13-15-5-7-16(8-6-15)17-9-11-18(12-10-17)23(29)30/h2-8,14,17-18H,9-13H2,1H3,(H,25,27)(H,29,30). The molecule has 2 N–H and O–H groups in total. The summed E-state index contributed by atoms with van der Waals surface area (Å²) in [6, 6.07) is 13.9. The summed E-state index contributed by atoms with van der Waals surface area (Å²) < 4.78 is 32.8. The van der Waals surface area contributed by atoms with Crippen molar-refractivity contribution in [2.24, 2.45) is 5.92 Å². The van der Waals surface area contributed by atoms with Crippen LogP contribution in [0.2, 0.25) is 0 Å². The highest BCUT2D eigenvalue weighted by Crippen LogP contribution is 2.36.